The molecule has 4 heteroatoms. The normalized spacial score (nSPS) is 15.8. The Morgan fingerprint density at radius 2 is 2.33 bits per heavy atom. The zero-order chi connectivity index (χ0) is 10.7. The van der Waals surface area contributed by atoms with Crippen LogP contribution in [0.2, 0.25) is 0 Å². The van der Waals surface area contributed by atoms with E-state index in [1.54, 1.807) is 18.3 Å². The highest BCUT2D eigenvalue weighted by atomic mass is 16.1. The van der Waals surface area contributed by atoms with Gasteiger partial charge in [0.25, 0.3) is 5.91 Å². The van der Waals surface area contributed by atoms with Crippen LogP contribution < -0.4 is 11.1 Å². The molecule has 0 saturated heterocycles. The number of nitrogens with two attached hydrogens (primary N) is 1. The highest BCUT2D eigenvalue weighted by Gasteiger charge is 2.19. The van der Waals surface area contributed by atoms with E-state index in [-0.39, 0.29) is 5.91 Å². The Kier molecular flexibility index (Phi) is 2.97. The van der Waals surface area contributed by atoms with Gasteiger partial charge in [0.1, 0.15) is 0 Å². The summed E-state index contributed by atoms with van der Waals surface area (Å²) in [4.78, 5) is 15.7. The van der Waals surface area contributed by atoms with Gasteiger partial charge in [-0.1, -0.05) is 0 Å². The highest BCUT2D eigenvalue weighted by molar-refractivity contribution is 5.94. The number of carbonyl (C=O) groups excluding carboxylic acids is 1. The van der Waals surface area contributed by atoms with Crippen molar-refractivity contribution in [3.63, 3.8) is 0 Å². The van der Waals surface area contributed by atoms with E-state index < -0.39 is 0 Å². The second-order valence-electron chi connectivity index (χ2n) is 3.84. The summed E-state index contributed by atoms with van der Waals surface area (Å²) in [5.41, 5.74) is 6.84. The minimum Gasteiger partial charge on any atom is -0.349 e. The summed E-state index contributed by atoms with van der Waals surface area (Å²) in [6.45, 7) is 0.407. The number of hydrogen-bond donors (Lipinski definition) is 2. The summed E-state index contributed by atoms with van der Waals surface area (Å²) >= 11 is 0. The van der Waals surface area contributed by atoms with E-state index in [1.807, 2.05) is 0 Å². The van der Waals surface area contributed by atoms with Crippen molar-refractivity contribution in [1.82, 2.24) is 10.3 Å². The molecule has 1 aromatic rings. The molecule has 1 aliphatic rings. The molecule has 0 bridgehead atoms. The van der Waals surface area contributed by atoms with Gasteiger partial charge in [-0.2, -0.15) is 0 Å². The van der Waals surface area contributed by atoms with Crippen LogP contribution in [0.1, 0.15) is 35.3 Å². The van der Waals surface area contributed by atoms with Crippen LogP contribution in [0.4, 0.5) is 0 Å². The zero-order valence-corrected chi connectivity index (χ0v) is 8.57. The number of amides is 1. The van der Waals surface area contributed by atoms with Gasteiger partial charge in [0.05, 0.1) is 11.3 Å². The van der Waals surface area contributed by atoms with E-state index in [0.717, 1.165) is 18.5 Å². The van der Waals surface area contributed by atoms with Gasteiger partial charge < -0.3 is 11.1 Å². The molecule has 1 fully saturated rings. The molecular weight excluding hydrogens is 190 g/mol. The number of nitrogens with zero attached hydrogens (tertiary/aromatic N) is 1. The van der Waals surface area contributed by atoms with Crippen LogP contribution in [-0.2, 0) is 6.54 Å². The Bertz CT molecular complexity index is 343. The van der Waals surface area contributed by atoms with E-state index in [1.165, 1.54) is 6.42 Å². The van der Waals surface area contributed by atoms with Crippen molar-refractivity contribution < 1.29 is 4.79 Å². The molecule has 3 N–H and O–H groups in total. The predicted octanol–water partition coefficient (Wildman–Crippen LogP) is 0.823. The van der Waals surface area contributed by atoms with Crippen molar-refractivity contribution in [2.75, 3.05) is 0 Å². The standard InChI is InChI=1S/C11H15N3O/c12-6-10-5-4-8(7-13-10)11(15)14-9-2-1-3-9/h4-5,7,9H,1-3,6,12H2,(H,14,15). The topological polar surface area (TPSA) is 68.0 Å². The Morgan fingerprint density at radius 3 is 2.80 bits per heavy atom. The molecule has 1 aromatic heterocycles. The molecule has 0 unspecified atom stereocenters. The lowest BCUT2D eigenvalue weighted by molar-refractivity contribution is 0.0916. The van der Waals surface area contributed by atoms with Crippen LogP contribution in [0.5, 0.6) is 0 Å². The van der Waals surface area contributed by atoms with Gasteiger partial charge in [-0.3, -0.25) is 9.78 Å². The fourth-order valence-electron chi connectivity index (χ4n) is 1.50. The molecule has 0 aliphatic heterocycles. The summed E-state index contributed by atoms with van der Waals surface area (Å²) in [6, 6.07) is 3.92. The van der Waals surface area contributed by atoms with Crippen LogP contribution in [0.3, 0.4) is 0 Å². The number of nitrogens with one attached hydrogen (secondary N) is 1. The van der Waals surface area contributed by atoms with Crippen LogP contribution in [0, 0.1) is 0 Å². The van der Waals surface area contributed by atoms with Gasteiger partial charge in [-0.25, -0.2) is 0 Å². The maximum Gasteiger partial charge on any atom is 0.253 e. The van der Waals surface area contributed by atoms with Gasteiger partial charge in [0.15, 0.2) is 0 Å². The predicted molar refractivity (Wildman–Crippen MR) is 57.2 cm³/mol. The van der Waals surface area contributed by atoms with E-state index in [2.05, 4.69) is 10.3 Å². The van der Waals surface area contributed by atoms with Gasteiger partial charge in [0, 0.05) is 18.8 Å². The average molecular weight is 205 g/mol. The molecule has 0 atom stereocenters. The molecule has 2 rings (SSSR count). The maximum atomic E-state index is 11.7. The van der Waals surface area contributed by atoms with Crippen LogP contribution in [-0.4, -0.2) is 16.9 Å². The summed E-state index contributed by atoms with van der Waals surface area (Å²) in [6.07, 6.45) is 4.99. The fourth-order valence-corrected chi connectivity index (χ4v) is 1.50. The fraction of sp³-hybridized carbons (Fsp3) is 0.455. The van der Waals surface area contributed by atoms with Gasteiger partial charge >= 0.3 is 0 Å². The van der Waals surface area contributed by atoms with E-state index in [0.29, 0.717) is 18.2 Å². The Labute approximate surface area is 88.9 Å². The molecule has 80 valence electrons. The third kappa shape index (κ3) is 2.33. The lowest BCUT2D eigenvalue weighted by atomic mass is 9.93. The molecule has 1 amide bonds. The molecule has 0 aromatic carbocycles. The minimum absolute atomic E-state index is 0.0317. The van der Waals surface area contributed by atoms with Gasteiger partial charge in [-0.05, 0) is 31.4 Å². The van der Waals surface area contributed by atoms with Gasteiger partial charge in [0.2, 0.25) is 0 Å². The lowest BCUT2D eigenvalue weighted by Gasteiger charge is -2.26. The molecule has 0 radical (unpaired) electrons. The number of aromatic nitrogens is 1. The highest BCUT2D eigenvalue weighted by Crippen LogP contribution is 2.18. The lowest BCUT2D eigenvalue weighted by Crippen LogP contribution is -2.39. The molecule has 15 heavy (non-hydrogen) atoms. The Balaban J connectivity index is 1.98. The summed E-state index contributed by atoms with van der Waals surface area (Å²) in [5, 5.41) is 2.96. The SMILES string of the molecule is NCc1ccc(C(=O)NC2CCC2)cn1. The average Bonchev–Trinajstić information content (AvgIpc) is 2.23. The molecule has 4 nitrogen and oxygen atoms in total. The summed E-state index contributed by atoms with van der Waals surface area (Å²) < 4.78 is 0. The molecule has 0 spiro atoms. The first-order chi connectivity index (χ1) is 7.29. The smallest absolute Gasteiger partial charge is 0.253 e. The molecule has 1 heterocycles. The summed E-state index contributed by atoms with van der Waals surface area (Å²) in [7, 11) is 0. The monoisotopic (exact) mass is 205 g/mol. The zero-order valence-electron chi connectivity index (χ0n) is 8.57. The Morgan fingerprint density at radius 1 is 1.53 bits per heavy atom. The minimum atomic E-state index is -0.0317. The first kappa shape index (κ1) is 10.1. The van der Waals surface area contributed by atoms with Crippen molar-refractivity contribution >= 4 is 5.91 Å². The van der Waals surface area contributed by atoms with E-state index >= 15 is 0 Å². The largest absolute Gasteiger partial charge is 0.349 e. The number of carbonyl (C=O) groups is 1. The van der Waals surface area contributed by atoms with Crippen molar-refractivity contribution in [3.05, 3.63) is 29.6 Å². The number of hydrogen-bond acceptors (Lipinski definition) is 3. The first-order valence-corrected chi connectivity index (χ1v) is 5.25. The second kappa shape index (κ2) is 4.40. The van der Waals surface area contributed by atoms with Crippen LogP contribution >= 0.6 is 0 Å². The van der Waals surface area contributed by atoms with Crippen LogP contribution in [0.25, 0.3) is 0 Å². The van der Waals surface area contributed by atoms with Crippen molar-refractivity contribution in [3.8, 4) is 0 Å². The summed E-state index contributed by atoms with van der Waals surface area (Å²) in [5.74, 6) is -0.0317. The maximum absolute atomic E-state index is 11.7. The molecule has 1 aliphatic carbocycles. The Hall–Kier alpha value is -1.42. The number of pyridine rings is 1. The third-order valence-electron chi connectivity index (χ3n) is 2.74. The quantitative estimate of drug-likeness (QED) is 0.767. The van der Waals surface area contributed by atoms with E-state index in [4.69, 9.17) is 5.73 Å². The van der Waals surface area contributed by atoms with Crippen molar-refractivity contribution in [1.29, 1.82) is 0 Å². The molecular formula is C11H15N3O. The molecule has 1 saturated carbocycles. The second-order valence-corrected chi connectivity index (χ2v) is 3.84. The van der Waals surface area contributed by atoms with Crippen molar-refractivity contribution in [2.24, 2.45) is 5.73 Å². The van der Waals surface area contributed by atoms with Crippen molar-refractivity contribution in [2.45, 2.75) is 31.8 Å². The van der Waals surface area contributed by atoms with Crippen LogP contribution in [0.15, 0.2) is 18.3 Å². The van der Waals surface area contributed by atoms with Gasteiger partial charge in [-0.15, -0.1) is 0 Å². The number of rotatable bonds is 3. The third-order valence-corrected chi connectivity index (χ3v) is 2.74. The first-order valence-electron chi connectivity index (χ1n) is 5.25. The van der Waals surface area contributed by atoms with E-state index in [9.17, 15) is 4.79 Å².